The molecule has 0 bridgehead atoms. The Balaban J connectivity index is 1.66. The largest absolute Gasteiger partial charge is 0.378 e. The van der Waals surface area contributed by atoms with Gasteiger partial charge >= 0.3 is 0 Å². The lowest BCUT2D eigenvalue weighted by Gasteiger charge is -2.14. The molecular weight excluding hydrogens is 302 g/mol. The fraction of sp³-hybridized carbons (Fsp3) is 0.167. The number of hydrogen-bond donors (Lipinski definition) is 2. The van der Waals surface area contributed by atoms with Gasteiger partial charge in [-0.3, -0.25) is 4.79 Å². The minimum absolute atomic E-state index is 0.131. The molecule has 0 aliphatic heterocycles. The summed E-state index contributed by atoms with van der Waals surface area (Å²) in [6.07, 6.45) is 1.49. The zero-order valence-electron chi connectivity index (χ0n) is 13.7. The normalized spacial score (nSPS) is 10.4. The molecular formula is C18H19N5O. The van der Waals surface area contributed by atoms with Crippen LogP contribution >= 0.6 is 0 Å². The Bertz CT molecular complexity index is 857. The van der Waals surface area contributed by atoms with Gasteiger partial charge in [0.05, 0.1) is 12.1 Å². The van der Waals surface area contributed by atoms with E-state index in [0.29, 0.717) is 5.82 Å². The van der Waals surface area contributed by atoms with Crippen molar-refractivity contribution in [2.75, 3.05) is 36.2 Å². The molecule has 0 saturated carbocycles. The Hall–Kier alpha value is -3.15. The lowest BCUT2D eigenvalue weighted by Crippen LogP contribution is -2.22. The molecule has 2 N–H and O–H groups in total. The highest BCUT2D eigenvalue weighted by molar-refractivity contribution is 5.96. The first-order valence-electron chi connectivity index (χ1n) is 7.64. The first kappa shape index (κ1) is 15.7. The number of para-hydroxylation sites is 1. The Kier molecular flexibility index (Phi) is 4.56. The van der Waals surface area contributed by atoms with Crippen LogP contribution in [0.1, 0.15) is 0 Å². The van der Waals surface area contributed by atoms with E-state index in [4.69, 9.17) is 0 Å². The fourth-order valence-electron chi connectivity index (χ4n) is 2.38. The van der Waals surface area contributed by atoms with Gasteiger partial charge < -0.3 is 15.5 Å². The summed E-state index contributed by atoms with van der Waals surface area (Å²) in [5.74, 6) is 0.520. The monoisotopic (exact) mass is 321 g/mol. The van der Waals surface area contributed by atoms with E-state index < -0.39 is 0 Å². The maximum atomic E-state index is 12.2. The number of benzene rings is 2. The number of carbonyl (C=O) groups excluding carboxylic acids is 1. The zero-order chi connectivity index (χ0) is 16.9. The molecule has 122 valence electrons. The van der Waals surface area contributed by atoms with E-state index in [1.165, 1.54) is 6.33 Å². The van der Waals surface area contributed by atoms with Crippen LogP contribution in [-0.2, 0) is 4.79 Å². The summed E-state index contributed by atoms with van der Waals surface area (Å²) >= 11 is 0. The maximum absolute atomic E-state index is 12.2. The quantitative estimate of drug-likeness (QED) is 0.756. The van der Waals surface area contributed by atoms with Gasteiger partial charge in [0.25, 0.3) is 0 Å². The molecule has 0 radical (unpaired) electrons. The fourth-order valence-corrected chi connectivity index (χ4v) is 2.38. The lowest BCUT2D eigenvalue weighted by molar-refractivity contribution is -0.114. The Morgan fingerprint density at radius 2 is 1.92 bits per heavy atom. The number of nitrogens with one attached hydrogen (secondary N) is 2. The van der Waals surface area contributed by atoms with Crippen LogP contribution in [0.5, 0.6) is 0 Å². The highest BCUT2D eigenvalue weighted by Gasteiger charge is 2.07. The van der Waals surface area contributed by atoms with Crippen molar-refractivity contribution in [1.29, 1.82) is 0 Å². The van der Waals surface area contributed by atoms with Crippen molar-refractivity contribution in [1.82, 2.24) is 9.97 Å². The average Bonchev–Trinajstić information content (AvgIpc) is 2.60. The number of aromatic nitrogens is 2. The smallest absolute Gasteiger partial charge is 0.243 e. The lowest BCUT2D eigenvalue weighted by atomic mass is 10.2. The highest BCUT2D eigenvalue weighted by Crippen LogP contribution is 2.19. The predicted molar refractivity (Wildman–Crippen MR) is 97.4 cm³/mol. The number of amides is 1. The topological polar surface area (TPSA) is 70.2 Å². The van der Waals surface area contributed by atoms with E-state index in [0.717, 1.165) is 22.3 Å². The summed E-state index contributed by atoms with van der Waals surface area (Å²) in [6, 6.07) is 15.4. The molecule has 1 aromatic heterocycles. The van der Waals surface area contributed by atoms with Gasteiger partial charge in [-0.15, -0.1) is 0 Å². The molecule has 3 aromatic rings. The van der Waals surface area contributed by atoms with Crippen molar-refractivity contribution in [2.24, 2.45) is 0 Å². The second-order valence-corrected chi connectivity index (χ2v) is 5.59. The Morgan fingerprint density at radius 1 is 1.08 bits per heavy atom. The van der Waals surface area contributed by atoms with E-state index in [-0.39, 0.29) is 12.5 Å². The van der Waals surface area contributed by atoms with Crippen molar-refractivity contribution in [3.05, 3.63) is 54.9 Å². The predicted octanol–water partition coefficient (Wildman–Crippen LogP) is 2.75. The average molecular weight is 321 g/mol. The number of fused-ring (bicyclic) bond motifs is 1. The molecule has 0 aliphatic rings. The van der Waals surface area contributed by atoms with E-state index in [1.807, 2.05) is 67.5 Å². The van der Waals surface area contributed by atoms with Crippen LogP contribution in [-0.4, -0.2) is 36.5 Å². The van der Waals surface area contributed by atoms with Crippen LogP contribution in [0.15, 0.2) is 54.9 Å². The molecule has 24 heavy (non-hydrogen) atoms. The SMILES string of the molecule is CN(C)c1cccc(NC(=O)CNc2ncnc3ccccc23)c1. The third-order valence-corrected chi connectivity index (χ3v) is 3.61. The van der Waals surface area contributed by atoms with E-state index in [1.54, 1.807) is 0 Å². The van der Waals surface area contributed by atoms with Gasteiger partial charge in [-0.1, -0.05) is 18.2 Å². The summed E-state index contributed by atoms with van der Waals surface area (Å²) in [5, 5.41) is 6.85. The van der Waals surface area contributed by atoms with Crippen LogP contribution in [0, 0.1) is 0 Å². The van der Waals surface area contributed by atoms with Crippen molar-refractivity contribution in [3.63, 3.8) is 0 Å². The molecule has 6 heteroatoms. The molecule has 6 nitrogen and oxygen atoms in total. The summed E-state index contributed by atoms with van der Waals surface area (Å²) in [7, 11) is 3.92. The van der Waals surface area contributed by atoms with Gasteiger partial charge in [-0.25, -0.2) is 9.97 Å². The Morgan fingerprint density at radius 3 is 2.75 bits per heavy atom. The van der Waals surface area contributed by atoms with Gasteiger partial charge in [0.2, 0.25) is 5.91 Å². The standard InChI is InChI=1S/C18H19N5O/c1-23(2)14-7-5-6-13(10-14)22-17(24)11-19-18-15-8-3-4-9-16(15)20-12-21-18/h3-10,12H,11H2,1-2H3,(H,22,24)(H,19,20,21). The van der Waals surface area contributed by atoms with E-state index >= 15 is 0 Å². The van der Waals surface area contributed by atoms with Crippen molar-refractivity contribution >= 4 is 34.0 Å². The van der Waals surface area contributed by atoms with E-state index in [2.05, 4.69) is 20.6 Å². The van der Waals surface area contributed by atoms with Crippen LogP contribution in [0.2, 0.25) is 0 Å². The van der Waals surface area contributed by atoms with Crippen molar-refractivity contribution < 1.29 is 4.79 Å². The van der Waals surface area contributed by atoms with Crippen molar-refractivity contribution in [2.45, 2.75) is 0 Å². The van der Waals surface area contributed by atoms with Crippen molar-refractivity contribution in [3.8, 4) is 0 Å². The molecule has 1 amide bonds. The molecule has 0 atom stereocenters. The molecule has 3 rings (SSSR count). The van der Waals surface area contributed by atoms with Gasteiger partial charge in [0.15, 0.2) is 0 Å². The maximum Gasteiger partial charge on any atom is 0.243 e. The van der Waals surface area contributed by atoms with Gasteiger partial charge in [0.1, 0.15) is 12.1 Å². The minimum Gasteiger partial charge on any atom is -0.378 e. The second kappa shape index (κ2) is 6.95. The minimum atomic E-state index is -0.131. The van der Waals surface area contributed by atoms with Crippen LogP contribution in [0.25, 0.3) is 10.9 Å². The second-order valence-electron chi connectivity index (χ2n) is 5.59. The van der Waals surface area contributed by atoms with Gasteiger partial charge in [0, 0.05) is 30.9 Å². The molecule has 0 fully saturated rings. The first-order valence-corrected chi connectivity index (χ1v) is 7.64. The molecule has 0 unspecified atom stereocenters. The van der Waals surface area contributed by atoms with Gasteiger partial charge in [-0.2, -0.15) is 0 Å². The first-order chi connectivity index (χ1) is 11.6. The molecule has 0 saturated heterocycles. The summed E-state index contributed by atoms with van der Waals surface area (Å²) in [6.45, 7) is 0.132. The highest BCUT2D eigenvalue weighted by atomic mass is 16.1. The third-order valence-electron chi connectivity index (χ3n) is 3.61. The molecule has 0 spiro atoms. The number of rotatable bonds is 5. The summed E-state index contributed by atoms with van der Waals surface area (Å²) in [4.78, 5) is 22.6. The molecule has 0 aliphatic carbocycles. The Labute approximate surface area is 140 Å². The van der Waals surface area contributed by atoms with Crippen LogP contribution < -0.4 is 15.5 Å². The number of carbonyl (C=O) groups is 1. The molecule has 1 heterocycles. The third kappa shape index (κ3) is 3.60. The number of hydrogen-bond acceptors (Lipinski definition) is 5. The number of nitrogens with zero attached hydrogens (tertiary/aromatic N) is 3. The zero-order valence-corrected chi connectivity index (χ0v) is 13.7. The number of anilines is 3. The van der Waals surface area contributed by atoms with Gasteiger partial charge in [-0.05, 0) is 30.3 Å². The summed E-state index contributed by atoms with van der Waals surface area (Å²) in [5.41, 5.74) is 2.64. The van der Waals surface area contributed by atoms with Crippen LogP contribution in [0.3, 0.4) is 0 Å². The van der Waals surface area contributed by atoms with Crippen LogP contribution in [0.4, 0.5) is 17.2 Å². The summed E-state index contributed by atoms with van der Waals surface area (Å²) < 4.78 is 0. The van der Waals surface area contributed by atoms with E-state index in [9.17, 15) is 4.79 Å². The molecule has 2 aromatic carbocycles.